The Morgan fingerprint density at radius 2 is 1.78 bits per heavy atom. The van der Waals surface area contributed by atoms with E-state index in [4.69, 9.17) is 0 Å². The maximum absolute atomic E-state index is 11.7. The van der Waals surface area contributed by atoms with Gasteiger partial charge in [-0.05, 0) is 19.0 Å². The van der Waals surface area contributed by atoms with Crippen LogP contribution in [0.2, 0.25) is 0 Å². The minimum absolute atomic E-state index is 0.0593. The molecule has 0 radical (unpaired) electrons. The summed E-state index contributed by atoms with van der Waals surface area (Å²) in [7, 11) is 0. The van der Waals surface area contributed by atoms with E-state index >= 15 is 0 Å². The fourth-order valence-electron chi connectivity index (χ4n) is 2.32. The Hall–Kier alpha value is -0.870. The van der Waals surface area contributed by atoms with Crippen molar-refractivity contribution in [2.45, 2.75) is 20.3 Å². The summed E-state index contributed by atoms with van der Waals surface area (Å²) in [6.07, 6.45) is 2.42. The predicted octanol–water partition coefficient (Wildman–Crippen LogP) is 1.05. The van der Waals surface area contributed by atoms with Gasteiger partial charge < -0.3 is 9.80 Å². The van der Waals surface area contributed by atoms with Crippen molar-refractivity contribution in [3.05, 3.63) is 12.7 Å². The zero-order chi connectivity index (χ0) is 13.4. The molecule has 1 heterocycles. The van der Waals surface area contributed by atoms with Crippen LogP contribution < -0.4 is 0 Å². The molecular formula is C14H27N3O. The van der Waals surface area contributed by atoms with E-state index in [1.54, 1.807) is 0 Å². The van der Waals surface area contributed by atoms with Crippen LogP contribution in [0.15, 0.2) is 12.7 Å². The third kappa shape index (κ3) is 4.78. The summed E-state index contributed by atoms with van der Waals surface area (Å²) >= 11 is 0. The normalized spacial score (nSPS) is 17.7. The largest absolute Gasteiger partial charge is 0.338 e. The second-order valence-electron chi connectivity index (χ2n) is 4.81. The molecule has 0 N–H and O–H groups in total. The summed E-state index contributed by atoms with van der Waals surface area (Å²) in [5.74, 6) is 0.0593. The van der Waals surface area contributed by atoms with Gasteiger partial charge in [0, 0.05) is 45.8 Å². The summed E-state index contributed by atoms with van der Waals surface area (Å²) in [5, 5.41) is 0. The second-order valence-corrected chi connectivity index (χ2v) is 4.81. The zero-order valence-electron chi connectivity index (χ0n) is 11.9. The van der Waals surface area contributed by atoms with Crippen molar-refractivity contribution < 1.29 is 4.79 Å². The van der Waals surface area contributed by atoms with Crippen LogP contribution in [-0.2, 0) is 4.79 Å². The molecule has 0 aromatic heterocycles. The highest BCUT2D eigenvalue weighted by molar-refractivity contribution is 5.86. The highest BCUT2D eigenvalue weighted by atomic mass is 16.2. The topological polar surface area (TPSA) is 26.8 Å². The highest BCUT2D eigenvalue weighted by Gasteiger charge is 2.16. The molecule has 1 amide bonds. The number of carbonyl (C=O) groups is 1. The van der Waals surface area contributed by atoms with Crippen LogP contribution in [0, 0.1) is 0 Å². The third-order valence-electron chi connectivity index (χ3n) is 3.58. The molecule has 1 aliphatic rings. The Morgan fingerprint density at radius 3 is 2.28 bits per heavy atom. The molecule has 4 nitrogen and oxygen atoms in total. The van der Waals surface area contributed by atoms with Crippen molar-refractivity contribution >= 4 is 5.91 Å². The molecule has 0 bridgehead atoms. The van der Waals surface area contributed by atoms with Gasteiger partial charge in [0.25, 0.3) is 0 Å². The summed E-state index contributed by atoms with van der Waals surface area (Å²) in [6, 6.07) is 0. The number of piperazine rings is 1. The molecule has 1 rings (SSSR count). The van der Waals surface area contributed by atoms with E-state index in [-0.39, 0.29) is 5.91 Å². The van der Waals surface area contributed by atoms with E-state index in [2.05, 4.69) is 30.2 Å². The van der Waals surface area contributed by atoms with Crippen LogP contribution in [0.5, 0.6) is 0 Å². The summed E-state index contributed by atoms with van der Waals surface area (Å²) in [6.45, 7) is 16.2. The Balaban J connectivity index is 2.29. The average molecular weight is 253 g/mol. The number of rotatable bonds is 7. The predicted molar refractivity (Wildman–Crippen MR) is 75.6 cm³/mol. The Bertz CT molecular complexity index is 260. The lowest BCUT2D eigenvalue weighted by atomic mass is 10.3. The summed E-state index contributed by atoms with van der Waals surface area (Å²) in [4.78, 5) is 18.5. The minimum atomic E-state index is 0.0593. The first-order valence-corrected chi connectivity index (χ1v) is 7.07. The lowest BCUT2D eigenvalue weighted by molar-refractivity contribution is -0.126. The molecule has 4 heteroatoms. The molecule has 1 aliphatic heterocycles. The Labute approximate surface area is 111 Å². The number of likely N-dealkylation sites (N-methyl/N-ethyl adjacent to an activating group) is 1. The van der Waals surface area contributed by atoms with E-state index in [9.17, 15) is 4.79 Å². The summed E-state index contributed by atoms with van der Waals surface area (Å²) in [5.41, 5.74) is 0. The number of hydrogen-bond acceptors (Lipinski definition) is 3. The Morgan fingerprint density at radius 1 is 1.17 bits per heavy atom. The van der Waals surface area contributed by atoms with Gasteiger partial charge in [-0.3, -0.25) is 9.69 Å². The molecule has 0 aromatic carbocycles. The third-order valence-corrected chi connectivity index (χ3v) is 3.58. The van der Waals surface area contributed by atoms with Crippen LogP contribution in [0.1, 0.15) is 20.3 Å². The molecule has 0 spiro atoms. The molecular weight excluding hydrogens is 226 g/mol. The van der Waals surface area contributed by atoms with E-state index in [1.807, 2.05) is 4.90 Å². The molecule has 0 saturated carbocycles. The van der Waals surface area contributed by atoms with Gasteiger partial charge in [0.15, 0.2) is 0 Å². The first-order valence-electron chi connectivity index (χ1n) is 7.07. The summed E-state index contributed by atoms with van der Waals surface area (Å²) < 4.78 is 0. The van der Waals surface area contributed by atoms with Gasteiger partial charge in [0.05, 0.1) is 0 Å². The smallest absolute Gasteiger partial charge is 0.245 e. The highest BCUT2D eigenvalue weighted by Crippen LogP contribution is 2.02. The van der Waals surface area contributed by atoms with Gasteiger partial charge in [-0.15, -0.1) is 0 Å². The molecule has 0 aromatic rings. The van der Waals surface area contributed by atoms with Crippen molar-refractivity contribution in [3.63, 3.8) is 0 Å². The van der Waals surface area contributed by atoms with Gasteiger partial charge in [-0.1, -0.05) is 20.4 Å². The van der Waals surface area contributed by atoms with E-state index in [0.717, 1.165) is 58.8 Å². The lowest BCUT2D eigenvalue weighted by Crippen LogP contribution is -2.48. The first-order chi connectivity index (χ1) is 8.71. The quantitative estimate of drug-likeness (QED) is 0.635. The molecule has 104 valence electrons. The monoisotopic (exact) mass is 253 g/mol. The Kier molecular flexibility index (Phi) is 6.98. The number of nitrogens with zero attached hydrogens (tertiary/aromatic N) is 3. The number of hydrogen-bond donors (Lipinski definition) is 0. The van der Waals surface area contributed by atoms with Crippen LogP contribution >= 0.6 is 0 Å². The number of carbonyl (C=O) groups excluding carboxylic acids is 1. The maximum atomic E-state index is 11.7. The maximum Gasteiger partial charge on any atom is 0.245 e. The molecule has 1 fully saturated rings. The van der Waals surface area contributed by atoms with Gasteiger partial charge in [0.1, 0.15) is 0 Å². The van der Waals surface area contributed by atoms with E-state index in [1.165, 1.54) is 6.08 Å². The molecule has 0 atom stereocenters. The first kappa shape index (κ1) is 15.2. The molecule has 0 unspecified atom stereocenters. The van der Waals surface area contributed by atoms with Gasteiger partial charge >= 0.3 is 0 Å². The molecule has 1 saturated heterocycles. The van der Waals surface area contributed by atoms with Crippen molar-refractivity contribution in [1.29, 1.82) is 0 Å². The SMILES string of the molecule is C=CC(=O)N(CCC)CCN1CCN(CC)CC1. The molecule has 18 heavy (non-hydrogen) atoms. The van der Waals surface area contributed by atoms with Crippen molar-refractivity contribution in [3.8, 4) is 0 Å². The van der Waals surface area contributed by atoms with Gasteiger partial charge in [0.2, 0.25) is 5.91 Å². The fraction of sp³-hybridized carbons (Fsp3) is 0.786. The van der Waals surface area contributed by atoms with Crippen LogP contribution in [-0.4, -0.2) is 73.0 Å². The zero-order valence-corrected chi connectivity index (χ0v) is 11.9. The van der Waals surface area contributed by atoms with Crippen LogP contribution in [0.3, 0.4) is 0 Å². The van der Waals surface area contributed by atoms with E-state index < -0.39 is 0 Å². The second kappa shape index (κ2) is 8.27. The lowest BCUT2D eigenvalue weighted by Gasteiger charge is -2.35. The van der Waals surface area contributed by atoms with Gasteiger partial charge in [-0.2, -0.15) is 0 Å². The van der Waals surface area contributed by atoms with Crippen LogP contribution in [0.25, 0.3) is 0 Å². The van der Waals surface area contributed by atoms with E-state index in [0.29, 0.717) is 0 Å². The average Bonchev–Trinajstić information content (AvgIpc) is 2.43. The van der Waals surface area contributed by atoms with Crippen molar-refractivity contribution in [2.75, 3.05) is 52.4 Å². The van der Waals surface area contributed by atoms with Crippen LogP contribution in [0.4, 0.5) is 0 Å². The van der Waals surface area contributed by atoms with Crippen molar-refractivity contribution in [1.82, 2.24) is 14.7 Å². The fourth-order valence-corrected chi connectivity index (χ4v) is 2.32. The number of amides is 1. The molecule has 0 aliphatic carbocycles. The standard InChI is InChI=1S/C14H27N3O/c1-4-7-17(14(18)5-2)13-12-16-10-8-15(6-3)9-11-16/h5H,2,4,6-13H2,1,3H3. The van der Waals surface area contributed by atoms with Crippen molar-refractivity contribution in [2.24, 2.45) is 0 Å². The van der Waals surface area contributed by atoms with Gasteiger partial charge in [-0.25, -0.2) is 0 Å². The minimum Gasteiger partial charge on any atom is -0.338 e.